The molecule has 0 bridgehead atoms. The van der Waals surface area contributed by atoms with Gasteiger partial charge < -0.3 is 20.7 Å². The molecule has 6 nitrogen and oxygen atoms in total. The second kappa shape index (κ2) is 8.05. The number of rotatable bonds is 6. The van der Waals surface area contributed by atoms with E-state index in [4.69, 9.17) is 4.74 Å². The van der Waals surface area contributed by atoms with Crippen LogP contribution in [0.5, 0.6) is 0 Å². The van der Waals surface area contributed by atoms with Crippen LogP contribution in [0.1, 0.15) is 26.2 Å². The molecule has 1 fully saturated rings. The van der Waals surface area contributed by atoms with Crippen molar-refractivity contribution >= 4 is 11.8 Å². The molecule has 1 saturated heterocycles. The molecule has 1 aliphatic heterocycles. The molecule has 0 radical (unpaired) electrons. The van der Waals surface area contributed by atoms with Crippen LogP contribution in [0.3, 0.4) is 0 Å². The molecular weight excluding hydrogens is 234 g/mol. The zero-order valence-corrected chi connectivity index (χ0v) is 11.1. The maximum absolute atomic E-state index is 11.9. The van der Waals surface area contributed by atoms with E-state index in [0.29, 0.717) is 13.2 Å². The zero-order valence-electron chi connectivity index (χ0n) is 11.1. The molecule has 3 N–H and O–H groups in total. The number of nitrogens with one attached hydrogen (secondary N) is 3. The van der Waals surface area contributed by atoms with E-state index in [-0.39, 0.29) is 17.9 Å². The summed E-state index contributed by atoms with van der Waals surface area (Å²) in [7, 11) is 1.58. The molecule has 1 heterocycles. The third-order valence-electron chi connectivity index (χ3n) is 2.98. The predicted molar refractivity (Wildman–Crippen MR) is 68.1 cm³/mol. The summed E-state index contributed by atoms with van der Waals surface area (Å²) < 4.78 is 4.84. The van der Waals surface area contributed by atoms with Crippen LogP contribution in [-0.4, -0.2) is 50.7 Å². The van der Waals surface area contributed by atoms with Gasteiger partial charge in [0.05, 0.1) is 12.6 Å². The Bertz CT molecular complexity index is 278. The highest BCUT2D eigenvalue weighted by Gasteiger charge is 2.23. The lowest BCUT2D eigenvalue weighted by molar-refractivity contribution is -0.130. The van der Waals surface area contributed by atoms with Crippen molar-refractivity contribution in [1.29, 1.82) is 0 Å². The number of piperidine rings is 1. The molecular formula is C12H23N3O3. The highest BCUT2D eigenvalue weighted by atomic mass is 16.5. The number of ether oxygens (including phenoxy) is 1. The van der Waals surface area contributed by atoms with Gasteiger partial charge in [0.1, 0.15) is 6.04 Å². The van der Waals surface area contributed by atoms with Crippen molar-refractivity contribution in [3.05, 3.63) is 0 Å². The molecule has 0 aromatic heterocycles. The number of carbonyl (C=O) groups excluding carboxylic acids is 2. The number of hydrogen-bond acceptors (Lipinski definition) is 4. The van der Waals surface area contributed by atoms with Gasteiger partial charge in [-0.2, -0.15) is 0 Å². The number of hydrogen-bond donors (Lipinski definition) is 3. The first-order valence-electron chi connectivity index (χ1n) is 6.45. The molecule has 1 aliphatic rings. The highest BCUT2D eigenvalue weighted by molar-refractivity contribution is 5.89. The van der Waals surface area contributed by atoms with Gasteiger partial charge in [-0.25, -0.2) is 0 Å². The van der Waals surface area contributed by atoms with Crippen LogP contribution in [0.15, 0.2) is 0 Å². The monoisotopic (exact) mass is 257 g/mol. The van der Waals surface area contributed by atoms with Crippen molar-refractivity contribution in [2.75, 3.05) is 26.8 Å². The first-order chi connectivity index (χ1) is 8.65. The first-order valence-corrected chi connectivity index (χ1v) is 6.45. The number of carbonyl (C=O) groups is 2. The van der Waals surface area contributed by atoms with E-state index in [1.54, 1.807) is 14.0 Å². The lowest BCUT2D eigenvalue weighted by Crippen LogP contribution is -2.52. The van der Waals surface area contributed by atoms with Crippen LogP contribution in [0.2, 0.25) is 0 Å². The van der Waals surface area contributed by atoms with E-state index in [1.165, 1.54) is 0 Å². The molecule has 1 unspecified atom stereocenters. The summed E-state index contributed by atoms with van der Waals surface area (Å²) in [6.07, 6.45) is 3.00. The maximum atomic E-state index is 11.9. The molecule has 6 heteroatoms. The van der Waals surface area contributed by atoms with Crippen LogP contribution in [-0.2, 0) is 14.3 Å². The fourth-order valence-corrected chi connectivity index (χ4v) is 1.88. The highest BCUT2D eigenvalue weighted by Crippen LogP contribution is 2.06. The van der Waals surface area contributed by atoms with Crippen LogP contribution in [0.4, 0.5) is 0 Å². The maximum Gasteiger partial charge on any atom is 0.242 e. The molecule has 1 rings (SSSR count). The van der Waals surface area contributed by atoms with Crippen LogP contribution in [0, 0.1) is 0 Å². The van der Waals surface area contributed by atoms with Crippen molar-refractivity contribution in [2.24, 2.45) is 0 Å². The van der Waals surface area contributed by atoms with E-state index in [2.05, 4.69) is 16.0 Å². The molecule has 2 atom stereocenters. The smallest absolute Gasteiger partial charge is 0.242 e. The summed E-state index contributed by atoms with van der Waals surface area (Å²) in [5.41, 5.74) is 0. The zero-order chi connectivity index (χ0) is 13.4. The summed E-state index contributed by atoms with van der Waals surface area (Å²) in [6, 6.07) is -0.675. The normalized spacial score (nSPS) is 21.1. The van der Waals surface area contributed by atoms with E-state index in [9.17, 15) is 9.59 Å². The molecule has 0 aromatic carbocycles. The standard InChI is InChI=1S/C12H23N3O3/c1-9(11(16)14-7-8-18-2)15-12(17)10-5-3-4-6-13-10/h9-10,13H,3-8H2,1-2H3,(H,14,16)(H,15,17)/t9?,10-/m1/s1. The predicted octanol–water partition coefficient (Wildman–Crippen LogP) is -0.604. The summed E-state index contributed by atoms with van der Waals surface area (Å²) in [4.78, 5) is 23.5. The molecule has 0 aromatic rings. The van der Waals surface area contributed by atoms with Crippen molar-refractivity contribution in [3.63, 3.8) is 0 Å². The van der Waals surface area contributed by atoms with Crippen molar-refractivity contribution in [1.82, 2.24) is 16.0 Å². The van der Waals surface area contributed by atoms with Crippen LogP contribution < -0.4 is 16.0 Å². The van der Waals surface area contributed by atoms with E-state index < -0.39 is 6.04 Å². The lowest BCUT2D eigenvalue weighted by Gasteiger charge is -2.24. The van der Waals surface area contributed by atoms with Gasteiger partial charge in [-0.15, -0.1) is 0 Å². The third-order valence-corrected chi connectivity index (χ3v) is 2.98. The Labute approximate surface area is 108 Å². The third kappa shape index (κ3) is 5.01. The second-order valence-electron chi connectivity index (χ2n) is 4.52. The fraction of sp³-hybridized carbons (Fsp3) is 0.833. The van der Waals surface area contributed by atoms with Gasteiger partial charge in [0.2, 0.25) is 11.8 Å². The molecule has 104 valence electrons. The lowest BCUT2D eigenvalue weighted by atomic mass is 10.0. The van der Waals surface area contributed by atoms with Gasteiger partial charge in [0.25, 0.3) is 0 Å². The van der Waals surface area contributed by atoms with Gasteiger partial charge in [0.15, 0.2) is 0 Å². The minimum absolute atomic E-state index is 0.0934. The Balaban J connectivity index is 2.27. The SMILES string of the molecule is COCCNC(=O)C(C)NC(=O)[C@H]1CCCCN1. The molecule has 0 spiro atoms. The summed E-state index contributed by atoms with van der Waals surface area (Å²) in [5.74, 6) is -0.277. The van der Waals surface area contributed by atoms with Crippen LogP contribution in [0.25, 0.3) is 0 Å². The Kier molecular flexibility index (Phi) is 6.67. The number of amides is 2. The Morgan fingerprint density at radius 3 is 2.83 bits per heavy atom. The minimum atomic E-state index is -0.516. The molecule has 2 amide bonds. The van der Waals surface area contributed by atoms with Gasteiger partial charge >= 0.3 is 0 Å². The molecule has 18 heavy (non-hydrogen) atoms. The average molecular weight is 257 g/mol. The van der Waals surface area contributed by atoms with Crippen molar-refractivity contribution < 1.29 is 14.3 Å². The summed E-state index contributed by atoms with van der Waals surface area (Å²) >= 11 is 0. The Hall–Kier alpha value is -1.14. The minimum Gasteiger partial charge on any atom is -0.383 e. The second-order valence-corrected chi connectivity index (χ2v) is 4.52. The van der Waals surface area contributed by atoms with Gasteiger partial charge in [-0.1, -0.05) is 6.42 Å². The van der Waals surface area contributed by atoms with E-state index >= 15 is 0 Å². The van der Waals surface area contributed by atoms with Gasteiger partial charge in [-0.05, 0) is 26.3 Å². The fourth-order valence-electron chi connectivity index (χ4n) is 1.88. The first kappa shape index (κ1) is 14.9. The average Bonchev–Trinajstić information content (AvgIpc) is 2.39. The van der Waals surface area contributed by atoms with Gasteiger partial charge in [-0.3, -0.25) is 9.59 Å². The summed E-state index contributed by atoms with van der Waals surface area (Å²) in [6.45, 7) is 3.48. The van der Waals surface area contributed by atoms with Crippen molar-refractivity contribution in [2.45, 2.75) is 38.3 Å². The van der Waals surface area contributed by atoms with E-state index in [0.717, 1.165) is 25.8 Å². The van der Waals surface area contributed by atoms with Gasteiger partial charge in [0, 0.05) is 13.7 Å². The summed E-state index contributed by atoms with van der Waals surface area (Å²) in [5, 5.41) is 8.57. The quantitative estimate of drug-likeness (QED) is 0.555. The largest absolute Gasteiger partial charge is 0.383 e. The Morgan fingerprint density at radius 1 is 1.44 bits per heavy atom. The van der Waals surface area contributed by atoms with Crippen molar-refractivity contribution in [3.8, 4) is 0 Å². The number of methoxy groups -OCH3 is 1. The Morgan fingerprint density at radius 2 is 2.22 bits per heavy atom. The van der Waals surface area contributed by atoms with E-state index in [1.807, 2.05) is 0 Å². The molecule has 0 saturated carbocycles. The topological polar surface area (TPSA) is 79.5 Å². The van der Waals surface area contributed by atoms with Crippen LogP contribution >= 0.6 is 0 Å². The molecule has 0 aliphatic carbocycles.